The van der Waals surface area contributed by atoms with Crippen LogP contribution in [0.5, 0.6) is 0 Å². The minimum absolute atomic E-state index is 0.802. The summed E-state index contributed by atoms with van der Waals surface area (Å²) < 4.78 is 1.15. The van der Waals surface area contributed by atoms with Gasteiger partial charge in [-0.05, 0) is 44.5 Å². The average Bonchev–Trinajstić information content (AvgIpc) is 2.81. The quantitative estimate of drug-likeness (QED) is 0.715. The summed E-state index contributed by atoms with van der Waals surface area (Å²) in [5.74, 6) is 0. The standard InChI is InChI=1S/C17H19N3S/c1-4-20(15-8-6-5-7-11(15)2)16-10-14-17(9-13(16)18)21-12(3)19-14/h5-10H,4,18H2,1-3H3. The number of benzene rings is 2. The van der Waals surface area contributed by atoms with Crippen LogP contribution in [0.25, 0.3) is 10.2 Å². The zero-order valence-electron chi connectivity index (χ0n) is 12.6. The SMILES string of the molecule is CCN(c1ccccc1C)c1cc2nc(C)sc2cc1N. The fraction of sp³-hybridized carbons (Fsp3) is 0.235. The molecule has 0 atom stereocenters. The van der Waals surface area contributed by atoms with Gasteiger partial charge in [0.05, 0.1) is 26.6 Å². The maximum Gasteiger partial charge on any atom is 0.0907 e. The van der Waals surface area contributed by atoms with Crippen LogP contribution >= 0.6 is 11.3 Å². The van der Waals surface area contributed by atoms with Crippen molar-refractivity contribution < 1.29 is 0 Å². The Hall–Kier alpha value is -2.07. The van der Waals surface area contributed by atoms with E-state index in [0.717, 1.165) is 33.1 Å². The predicted molar refractivity (Wildman–Crippen MR) is 92.6 cm³/mol. The third kappa shape index (κ3) is 2.47. The van der Waals surface area contributed by atoms with Gasteiger partial charge in [0, 0.05) is 12.2 Å². The molecule has 108 valence electrons. The monoisotopic (exact) mass is 297 g/mol. The van der Waals surface area contributed by atoms with Gasteiger partial charge in [0.1, 0.15) is 0 Å². The van der Waals surface area contributed by atoms with Crippen LogP contribution in [0.3, 0.4) is 0 Å². The summed E-state index contributed by atoms with van der Waals surface area (Å²) in [5.41, 5.74) is 11.6. The molecule has 2 aromatic carbocycles. The highest BCUT2D eigenvalue weighted by Gasteiger charge is 2.14. The number of hydrogen-bond donors (Lipinski definition) is 1. The van der Waals surface area contributed by atoms with E-state index in [0.29, 0.717) is 0 Å². The van der Waals surface area contributed by atoms with E-state index in [1.165, 1.54) is 11.3 Å². The van der Waals surface area contributed by atoms with Gasteiger partial charge in [-0.15, -0.1) is 11.3 Å². The lowest BCUT2D eigenvalue weighted by Gasteiger charge is -2.26. The number of rotatable bonds is 3. The summed E-state index contributed by atoms with van der Waals surface area (Å²) >= 11 is 1.68. The Labute approximate surface area is 129 Å². The second-order valence-electron chi connectivity index (χ2n) is 5.14. The third-order valence-electron chi connectivity index (χ3n) is 3.66. The Morgan fingerprint density at radius 1 is 1.14 bits per heavy atom. The highest BCUT2D eigenvalue weighted by atomic mass is 32.1. The Kier molecular flexibility index (Phi) is 3.55. The summed E-state index contributed by atoms with van der Waals surface area (Å²) in [6.07, 6.45) is 0. The van der Waals surface area contributed by atoms with Crippen molar-refractivity contribution in [2.75, 3.05) is 17.2 Å². The normalized spacial score (nSPS) is 11.0. The van der Waals surface area contributed by atoms with Gasteiger partial charge < -0.3 is 10.6 Å². The molecule has 1 heterocycles. The number of thiazole rings is 1. The molecular formula is C17H19N3S. The molecule has 0 spiro atoms. The third-order valence-corrected chi connectivity index (χ3v) is 4.59. The number of para-hydroxylation sites is 1. The molecule has 0 amide bonds. The molecule has 0 fully saturated rings. The van der Waals surface area contributed by atoms with Crippen LogP contribution in [0.4, 0.5) is 17.1 Å². The van der Waals surface area contributed by atoms with Gasteiger partial charge >= 0.3 is 0 Å². The van der Waals surface area contributed by atoms with E-state index < -0.39 is 0 Å². The number of nitrogen functional groups attached to an aromatic ring is 1. The Morgan fingerprint density at radius 2 is 1.90 bits per heavy atom. The molecule has 0 aliphatic carbocycles. The van der Waals surface area contributed by atoms with Crippen molar-refractivity contribution in [1.29, 1.82) is 0 Å². The van der Waals surface area contributed by atoms with Gasteiger partial charge in [0.25, 0.3) is 0 Å². The molecule has 3 aromatic rings. The molecule has 2 N–H and O–H groups in total. The Bertz CT molecular complexity index is 792. The number of nitrogens with two attached hydrogens (primary N) is 1. The number of hydrogen-bond acceptors (Lipinski definition) is 4. The molecule has 21 heavy (non-hydrogen) atoms. The first-order valence-corrected chi connectivity index (χ1v) is 7.91. The van der Waals surface area contributed by atoms with Gasteiger partial charge in [0.2, 0.25) is 0 Å². The van der Waals surface area contributed by atoms with Gasteiger partial charge in [-0.3, -0.25) is 0 Å². The van der Waals surface area contributed by atoms with Crippen molar-refractivity contribution in [3.8, 4) is 0 Å². The van der Waals surface area contributed by atoms with Gasteiger partial charge in [-0.2, -0.15) is 0 Å². The van der Waals surface area contributed by atoms with Crippen molar-refractivity contribution in [3.05, 3.63) is 47.0 Å². The van der Waals surface area contributed by atoms with Crippen molar-refractivity contribution in [2.45, 2.75) is 20.8 Å². The summed E-state index contributed by atoms with van der Waals surface area (Å²) in [4.78, 5) is 6.83. The molecule has 0 bridgehead atoms. The zero-order chi connectivity index (χ0) is 15.0. The van der Waals surface area contributed by atoms with Gasteiger partial charge in [-0.1, -0.05) is 18.2 Å². The zero-order valence-corrected chi connectivity index (χ0v) is 13.4. The topological polar surface area (TPSA) is 42.2 Å². The summed E-state index contributed by atoms with van der Waals surface area (Å²) in [7, 11) is 0. The largest absolute Gasteiger partial charge is 0.397 e. The van der Waals surface area contributed by atoms with Crippen LogP contribution in [-0.4, -0.2) is 11.5 Å². The first kappa shape index (κ1) is 13.9. The van der Waals surface area contributed by atoms with E-state index in [2.05, 4.69) is 54.1 Å². The Morgan fingerprint density at radius 3 is 2.62 bits per heavy atom. The molecule has 0 unspecified atom stereocenters. The summed E-state index contributed by atoms with van der Waals surface area (Å²) in [6.45, 7) is 7.16. The predicted octanol–water partition coefficient (Wildman–Crippen LogP) is 4.65. The average molecular weight is 297 g/mol. The molecule has 0 radical (unpaired) electrons. The van der Waals surface area contributed by atoms with E-state index >= 15 is 0 Å². The molecule has 0 saturated carbocycles. The number of aryl methyl sites for hydroxylation is 2. The number of nitrogens with zero attached hydrogens (tertiary/aromatic N) is 2. The lowest BCUT2D eigenvalue weighted by Crippen LogP contribution is -2.18. The number of anilines is 3. The first-order chi connectivity index (χ1) is 10.1. The fourth-order valence-corrected chi connectivity index (χ4v) is 3.52. The number of aromatic nitrogens is 1. The van der Waals surface area contributed by atoms with Crippen LogP contribution in [0.15, 0.2) is 36.4 Å². The molecule has 3 nitrogen and oxygen atoms in total. The van der Waals surface area contributed by atoms with Crippen molar-refractivity contribution >= 4 is 38.6 Å². The van der Waals surface area contributed by atoms with Crippen molar-refractivity contribution in [2.24, 2.45) is 0 Å². The summed E-state index contributed by atoms with van der Waals surface area (Å²) in [5, 5.41) is 1.07. The highest BCUT2D eigenvalue weighted by Crippen LogP contribution is 2.36. The summed E-state index contributed by atoms with van der Waals surface area (Å²) in [6, 6.07) is 12.5. The molecule has 4 heteroatoms. The second kappa shape index (κ2) is 5.37. The fourth-order valence-electron chi connectivity index (χ4n) is 2.66. The molecule has 0 aliphatic heterocycles. The van der Waals surface area contributed by atoms with E-state index in [1.54, 1.807) is 11.3 Å². The Balaban J connectivity index is 2.16. The van der Waals surface area contributed by atoms with E-state index in [4.69, 9.17) is 5.73 Å². The van der Waals surface area contributed by atoms with Crippen LogP contribution in [0.2, 0.25) is 0 Å². The van der Waals surface area contributed by atoms with E-state index in [9.17, 15) is 0 Å². The van der Waals surface area contributed by atoms with Crippen LogP contribution < -0.4 is 10.6 Å². The minimum atomic E-state index is 0.802. The molecular weight excluding hydrogens is 278 g/mol. The highest BCUT2D eigenvalue weighted by molar-refractivity contribution is 7.18. The van der Waals surface area contributed by atoms with Gasteiger partial charge in [-0.25, -0.2) is 4.98 Å². The van der Waals surface area contributed by atoms with Crippen molar-refractivity contribution in [1.82, 2.24) is 4.98 Å². The van der Waals surface area contributed by atoms with E-state index in [-0.39, 0.29) is 0 Å². The molecule has 1 aromatic heterocycles. The van der Waals surface area contributed by atoms with Crippen LogP contribution in [-0.2, 0) is 0 Å². The smallest absolute Gasteiger partial charge is 0.0907 e. The van der Waals surface area contributed by atoms with Crippen molar-refractivity contribution in [3.63, 3.8) is 0 Å². The van der Waals surface area contributed by atoms with E-state index in [1.807, 2.05) is 13.0 Å². The maximum absolute atomic E-state index is 6.30. The molecule has 0 saturated heterocycles. The lowest BCUT2D eigenvalue weighted by atomic mass is 10.1. The molecule has 3 rings (SSSR count). The van der Waals surface area contributed by atoms with Crippen LogP contribution in [0, 0.1) is 13.8 Å². The maximum atomic E-state index is 6.30. The molecule has 0 aliphatic rings. The number of fused-ring (bicyclic) bond motifs is 1. The lowest BCUT2D eigenvalue weighted by molar-refractivity contribution is 1.02. The van der Waals surface area contributed by atoms with Crippen LogP contribution in [0.1, 0.15) is 17.5 Å². The second-order valence-corrected chi connectivity index (χ2v) is 6.38. The first-order valence-electron chi connectivity index (χ1n) is 7.10. The van der Waals surface area contributed by atoms with Gasteiger partial charge in [0.15, 0.2) is 0 Å². The minimum Gasteiger partial charge on any atom is -0.397 e.